The second-order valence-corrected chi connectivity index (χ2v) is 4.77. The summed E-state index contributed by atoms with van der Waals surface area (Å²) >= 11 is 0. The first-order chi connectivity index (χ1) is 10.3. The van der Waals surface area contributed by atoms with Crippen molar-refractivity contribution in [1.29, 1.82) is 5.26 Å². The van der Waals surface area contributed by atoms with E-state index in [0.717, 1.165) is 22.4 Å². The molecule has 0 atom stereocenters. The van der Waals surface area contributed by atoms with E-state index in [1.807, 2.05) is 59.3 Å². The van der Waals surface area contributed by atoms with E-state index in [1.165, 1.54) is 0 Å². The summed E-state index contributed by atoms with van der Waals surface area (Å²) in [4.78, 5) is 0. The van der Waals surface area contributed by atoms with Crippen LogP contribution < -0.4 is 10.5 Å². The fourth-order valence-electron chi connectivity index (χ4n) is 2.34. The Bertz CT molecular complexity index is 814. The van der Waals surface area contributed by atoms with Crippen LogP contribution in [-0.4, -0.2) is 4.40 Å². The van der Waals surface area contributed by atoms with Gasteiger partial charge in [-0.2, -0.15) is 5.26 Å². The molecule has 2 heterocycles. The zero-order valence-electron chi connectivity index (χ0n) is 11.5. The van der Waals surface area contributed by atoms with Crippen molar-refractivity contribution in [1.82, 2.24) is 4.40 Å². The normalized spacial score (nSPS) is 10.5. The lowest BCUT2D eigenvalue weighted by Crippen LogP contribution is -1.99. The van der Waals surface area contributed by atoms with E-state index in [0.29, 0.717) is 18.7 Å². The molecule has 0 fully saturated rings. The van der Waals surface area contributed by atoms with Crippen LogP contribution in [0.5, 0.6) is 5.75 Å². The van der Waals surface area contributed by atoms with Gasteiger partial charge in [-0.1, -0.05) is 18.2 Å². The van der Waals surface area contributed by atoms with Crippen LogP contribution in [0.2, 0.25) is 0 Å². The van der Waals surface area contributed by atoms with Gasteiger partial charge >= 0.3 is 0 Å². The number of pyridine rings is 1. The maximum absolute atomic E-state index is 9.35. The predicted octanol–water partition coefficient (Wildman–Crippen LogP) is 2.85. The van der Waals surface area contributed by atoms with Gasteiger partial charge in [-0.3, -0.25) is 0 Å². The highest BCUT2D eigenvalue weighted by molar-refractivity contribution is 5.65. The van der Waals surface area contributed by atoms with Crippen molar-refractivity contribution in [3.8, 4) is 11.8 Å². The van der Waals surface area contributed by atoms with Crippen LogP contribution in [0.25, 0.3) is 5.52 Å². The van der Waals surface area contributed by atoms with Gasteiger partial charge in [-0.15, -0.1) is 0 Å². The Kier molecular flexibility index (Phi) is 3.59. The lowest BCUT2D eigenvalue weighted by molar-refractivity contribution is 0.305. The average molecular weight is 277 g/mol. The summed E-state index contributed by atoms with van der Waals surface area (Å²) in [5, 5.41) is 9.35. The number of aromatic nitrogens is 1. The first-order valence-electron chi connectivity index (χ1n) is 6.72. The van der Waals surface area contributed by atoms with Gasteiger partial charge in [0.2, 0.25) is 0 Å². The second-order valence-electron chi connectivity index (χ2n) is 4.77. The highest BCUT2D eigenvalue weighted by Crippen LogP contribution is 2.20. The summed E-state index contributed by atoms with van der Waals surface area (Å²) in [7, 11) is 0. The zero-order chi connectivity index (χ0) is 14.7. The fraction of sp³-hybridized carbons (Fsp3) is 0.118. The summed E-state index contributed by atoms with van der Waals surface area (Å²) in [5.41, 5.74) is 9.08. The number of nitrogens with two attached hydrogens (primary N) is 1. The maximum atomic E-state index is 9.35. The quantitative estimate of drug-likeness (QED) is 0.797. The predicted molar refractivity (Wildman–Crippen MR) is 80.8 cm³/mol. The Hall–Kier alpha value is -2.77. The van der Waals surface area contributed by atoms with Gasteiger partial charge in [0, 0.05) is 24.5 Å². The topological polar surface area (TPSA) is 63.4 Å². The molecule has 3 rings (SSSR count). The minimum Gasteiger partial charge on any atom is -0.489 e. The van der Waals surface area contributed by atoms with Crippen LogP contribution in [-0.2, 0) is 13.2 Å². The number of fused-ring (bicyclic) bond motifs is 1. The number of ether oxygens (including phenoxy) is 1. The van der Waals surface area contributed by atoms with E-state index in [4.69, 9.17) is 10.5 Å². The van der Waals surface area contributed by atoms with Crippen molar-refractivity contribution in [3.05, 3.63) is 71.5 Å². The molecule has 0 aliphatic rings. The van der Waals surface area contributed by atoms with E-state index in [9.17, 15) is 5.26 Å². The fourth-order valence-corrected chi connectivity index (χ4v) is 2.34. The largest absolute Gasteiger partial charge is 0.489 e. The Morgan fingerprint density at radius 1 is 1.19 bits per heavy atom. The van der Waals surface area contributed by atoms with Crippen LogP contribution in [0.1, 0.15) is 16.7 Å². The molecule has 0 unspecified atom stereocenters. The van der Waals surface area contributed by atoms with Gasteiger partial charge in [-0.05, 0) is 29.8 Å². The zero-order valence-corrected chi connectivity index (χ0v) is 11.5. The van der Waals surface area contributed by atoms with Gasteiger partial charge < -0.3 is 14.9 Å². The summed E-state index contributed by atoms with van der Waals surface area (Å²) in [6.45, 7) is 0.843. The van der Waals surface area contributed by atoms with Crippen molar-refractivity contribution < 1.29 is 4.74 Å². The first kappa shape index (κ1) is 13.2. The molecule has 0 saturated heterocycles. The van der Waals surface area contributed by atoms with Crippen LogP contribution in [0, 0.1) is 11.3 Å². The average Bonchev–Trinajstić information content (AvgIpc) is 2.90. The van der Waals surface area contributed by atoms with Crippen molar-refractivity contribution in [3.63, 3.8) is 0 Å². The number of rotatable bonds is 4. The SMILES string of the molecule is N#Cc1c(COc2cccc(CN)c2)cn2ccccc12. The number of hydrogen-bond acceptors (Lipinski definition) is 3. The van der Waals surface area contributed by atoms with E-state index in [2.05, 4.69) is 6.07 Å². The molecule has 21 heavy (non-hydrogen) atoms. The second kappa shape index (κ2) is 5.70. The highest BCUT2D eigenvalue weighted by atomic mass is 16.5. The van der Waals surface area contributed by atoms with Crippen LogP contribution in [0.15, 0.2) is 54.9 Å². The van der Waals surface area contributed by atoms with Gasteiger partial charge in [0.15, 0.2) is 0 Å². The van der Waals surface area contributed by atoms with E-state index < -0.39 is 0 Å². The third-order valence-electron chi connectivity index (χ3n) is 3.40. The molecule has 0 aliphatic carbocycles. The first-order valence-corrected chi connectivity index (χ1v) is 6.72. The molecule has 0 amide bonds. The van der Waals surface area contributed by atoms with Gasteiger partial charge in [0.05, 0.1) is 11.1 Å². The molecule has 0 bridgehead atoms. The highest BCUT2D eigenvalue weighted by Gasteiger charge is 2.10. The number of benzene rings is 1. The number of nitrogens with zero attached hydrogens (tertiary/aromatic N) is 2. The summed E-state index contributed by atoms with van der Waals surface area (Å²) in [6.07, 6.45) is 3.86. The van der Waals surface area contributed by atoms with E-state index in [1.54, 1.807) is 0 Å². The molecule has 1 aromatic carbocycles. The van der Waals surface area contributed by atoms with Crippen LogP contribution in [0.3, 0.4) is 0 Å². The Morgan fingerprint density at radius 2 is 2.10 bits per heavy atom. The molecule has 4 heteroatoms. The molecular weight excluding hydrogens is 262 g/mol. The molecule has 0 radical (unpaired) electrons. The van der Waals surface area contributed by atoms with E-state index >= 15 is 0 Å². The molecule has 4 nitrogen and oxygen atoms in total. The Labute approximate surface area is 123 Å². The van der Waals surface area contributed by atoms with Crippen molar-refractivity contribution in [2.24, 2.45) is 5.73 Å². The summed E-state index contributed by atoms with van der Waals surface area (Å²) in [6, 6.07) is 15.7. The molecule has 0 spiro atoms. The van der Waals surface area contributed by atoms with Crippen molar-refractivity contribution >= 4 is 5.52 Å². The lowest BCUT2D eigenvalue weighted by atomic mass is 10.2. The third-order valence-corrected chi connectivity index (χ3v) is 3.40. The lowest BCUT2D eigenvalue weighted by Gasteiger charge is -2.06. The minimum absolute atomic E-state index is 0.360. The molecule has 2 N–H and O–H groups in total. The molecular formula is C17H15N3O. The van der Waals surface area contributed by atoms with Crippen LogP contribution in [0.4, 0.5) is 0 Å². The molecule has 0 aliphatic heterocycles. The van der Waals surface area contributed by atoms with Crippen LogP contribution >= 0.6 is 0 Å². The third kappa shape index (κ3) is 2.60. The maximum Gasteiger partial charge on any atom is 0.120 e. The number of hydrogen-bond donors (Lipinski definition) is 1. The molecule has 0 saturated carbocycles. The van der Waals surface area contributed by atoms with Crippen molar-refractivity contribution in [2.45, 2.75) is 13.2 Å². The Balaban J connectivity index is 1.86. The number of nitriles is 1. The molecule has 2 aromatic heterocycles. The summed E-state index contributed by atoms with van der Waals surface area (Å²) < 4.78 is 7.72. The monoisotopic (exact) mass is 277 g/mol. The Morgan fingerprint density at radius 3 is 2.90 bits per heavy atom. The van der Waals surface area contributed by atoms with Gasteiger partial charge in [-0.25, -0.2) is 0 Å². The van der Waals surface area contributed by atoms with Gasteiger partial charge in [0.25, 0.3) is 0 Å². The molecule has 104 valence electrons. The minimum atomic E-state index is 0.360. The standard InChI is InChI=1S/C17H15N3O/c18-9-13-4-3-5-15(8-13)21-12-14-11-20-7-2-1-6-17(20)16(14)10-19/h1-8,11H,9,12,18H2. The van der Waals surface area contributed by atoms with Gasteiger partial charge in [0.1, 0.15) is 18.4 Å². The van der Waals surface area contributed by atoms with E-state index in [-0.39, 0.29) is 0 Å². The van der Waals surface area contributed by atoms with Crippen molar-refractivity contribution in [2.75, 3.05) is 0 Å². The smallest absolute Gasteiger partial charge is 0.120 e. The molecule has 3 aromatic rings. The summed E-state index contributed by atoms with van der Waals surface area (Å²) in [5.74, 6) is 0.761.